The highest BCUT2D eigenvalue weighted by Crippen LogP contribution is 2.27. The van der Waals surface area contributed by atoms with Crippen LogP contribution in [-0.2, 0) is 14.8 Å². The van der Waals surface area contributed by atoms with E-state index in [4.69, 9.17) is 16.0 Å². The Hall–Kier alpha value is -2.07. The third-order valence-corrected chi connectivity index (χ3v) is 6.70. The number of aromatic nitrogens is 1. The van der Waals surface area contributed by atoms with Crippen molar-refractivity contribution in [2.75, 3.05) is 25.2 Å². The zero-order chi connectivity index (χ0) is 19.6. The first-order valence-corrected chi connectivity index (χ1v) is 10.6. The van der Waals surface area contributed by atoms with E-state index in [2.05, 4.69) is 10.3 Å². The minimum Gasteiger partial charge on any atom is -0.431 e. The van der Waals surface area contributed by atoms with Gasteiger partial charge in [0.2, 0.25) is 15.9 Å². The number of anilines is 1. The molecule has 0 spiro atoms. The van der Waals surface area contributed by atoms with E-state index >= 15 is 0 Å². The number of halogens is 1. The number of hydrogen-bond donors (Lipinski definition) is 1. The van der Waals surface area contributed by atoms with Crippen molar-refractivity contribution < 1.29 is 17.6 Å². The van der Waals surface area contributed by atoms with E-state index in [1.807, 2.05) is 18.2 Å². The van der Waals surface area contributed by atoms with E-state index in [-0.39, 0.29) is 21.6 Å². The summed E-state index contributed by atoms with van der Waals surface area (Å²) in [4.78, 5) is 16.4. The predicted octanol–water partition coefficient (Wildman–Crippen LogP) is 3.46. The number of nitrogens with one attached hydrogen (secondary N) is 1. The van der Waals surface area contributed by atoms with Gasteiger partial charge in [-0.05, 0) is 30.3 Å². The second kappa shape index (κ2) is 7.89. The van der Waals surface area contributed by atoms with Crippen molar-refractivity contribution in [2.24, 2.45) is 0 Å². The van der Waals surface area contributed by atoms with Gasteiger partial charge in [0.25, 0.3) is 5.22 Å². The van der Waals surface area contributed by atoms with Crippen LogP contribution >= 0.6 is 23.4 Å². The van der Waals surface area contributed by atoms with Gasteiger partial charge in [0.15, 0.2) is 5.58 Å². The normalized spacial score (nSPS) is 11.9. The standard InChI is InChI=1S/C17H16ClN3O4S2/c1-21(2)27(23,24)15-9-11(7-8-12(15)18)19-16(22)10-26-17-20-13-5-3-4-6-14(13)25-17/h3-9H,10H2,1-2H3,(H,19,22). The zero-order valence-corrected chi connectivity index (χ0v) is 16.9. The number of para-hydroxylation sites is 2. The number of sulfonamides is 1. The lowest BCUT2D eigenvalue weighted by Gasteiger charge is -2.14. The maximum absolute atomic E-state index is 12.3. The van der Waals surface area contributed by atoms with Crippen LogP contribution in [0.4, 0.5) is 5.69 Å². The lowest BCUT2D eigenvalue weighted by Crippen LogP contribution is -2.23. The summed E-state index contributed by atoms with van der Waals surface area (Å²) in [6.07, 6.45) is 0. The van der Waals surface area contributed by atoms with Gasteiger partial charge in [-0.2, -0.15) is 0 Å². The Morgan fingerprint density at radius 1 is 1.26 bits per heavy atom. The first kappa shape index (κ1) is 19.7. The fraction of sp³-hybridized carbons (Fsp3) is 0.176. The van der Waals surface area contributed by atoms with E-state index in [9.17, 15) is 13.2 Å². The number of thioether (sulfide) groups is 1. The molecule has 1 heterocycles. The van der Waals surface area contributed by atoms with E-state index < -0.39 is 10.0 Å². The average Bonchev–Trinajstić information content (AvgIpc) is 3.04. The Morgan fingerprint density at radius 3 is 2.70 bits per heavy atom. The van der Waals surface area contributed by atoms with Crippen LogP contribution in [0.3, 0.4) is 0 Å². The molecule has 0 saturated heterocycles. The number of fused-ring (bicyclic) bond motifs is 1. The van der Waals surface area contributed by atoms with E-state index in [0.717, 1.165) is 21.6 Å². The number of nitrogens with zero attached hydrogens (tertiary/aromatic N) is 2. The Balaban J connectivity index is 1.69. The number of carbonyl (C=O) groups is 1. The van der Waals surface area contributed by atoms with Crippen molar-refractivity contribution in [3.05, 3.63) is 47.5 Å². The van der Waals surface area contributed by atoms with Gasteiger partial charge in [0.05, 0.1) is 10.8 Å². The number of amides is 1. The van der Waals surface area contributed by atoms with Gasteiger partial charge in [0, 0.05) is 19.8 Å². The summed E-state index contributed by atoms with van der Waals surface area (Å²) >= 11 is 7.15. The Morgan fingerprint density at radius 2 is 2.00 bits per heavy atom. The minimum atomic E-state index is -3.72. The summed E-state index contributed by atoms with van der Waals surface area (Å²) in [7, 11) is -0.895. The lowest BCUT2D eigenvalue weighted by molar-refractivity contribution is -0.113. The van der Waals surface area contributed by atoms with Gasteiger partial charge in [-0.15, -0.1) is 0 Å². The van der Waals surface area contributed by atoms with Crippen LogP contribution in [0, 0.1) is 0 Å². The number of rotatable bonds is 6. The molecule has 2 aromatic carbocycles. The zero-order valence-electron chi connectivity index (χ0n) is 14.5. The molecule has 10 heteroatoms. The molecule has 0 aliphatic heterocycles. The first-order valence-electron chi connectivity index (χ1n) is 7.77. The van der Waals surface area contributed by atoms with Crippen molar-refractivity contribution >= 4 is 56.1 Å². The molecule has 0 bridgehead atoms. The SMILES string of the molecule is CN(C)S(=O)(=O)c1cc(NC(=O)CSc2nc3ccccc3o2)ccc1Cl. The van der Waals surface area contributed by atoms with Gasteiger partial charge in [0.1, 0.15) is 10.4 Å². The molecule has 3 aromatic rings. The minimum absolute atomic E-state index is 0.0607. The van der Waals surface area contributed by atoms with Crippen LogP contribution in [0.5, 0.6) is 0 Å². The molecule has 0 saturated carbocycles. The molecule has 7 nitrogen and oxygen atoms in total. The third-order valence-electron chi connectivity index (χ3n) is 3.57. The van der Waals surface area contributed by atoms with Gasteiger partial charge in [-0.3, -0.25) is 4.79 Å². The summed E-state index contributed by atoms with van der Waals surface area (Å²) in [6.45, 7) is 0. The fourth-order valence-corrected chi connectivity index (χ4v) is 4.24. The van der Waals surface area contributed by atoms with E-state index in [1.165, 1.54) is 26.2 Å². The highest BCUT2D eigenvalue weighted by Gasteiger charge is 2.21. The van der Waals surface area contributed by atoms with E-state index in [0.29, 0.717) is 16.5 Å². The molecule has 0 fully saturated rings. The second-order valence-corrected chi connectivity index (χ2v) is 9.17. The summed E-state index contributed by atoms with van der Waals surface area (Å²) < 4.78 is 31.2. The molecule has 0 aliphatic rings. The number of benzene rings is 2. The second-order valence-electron chi connectivity index (χ2n) is 5.72. The van der Waals surface area contributed by atoms with Crippen LogP contribution < -0.4 is 5.32 Å². The number of oxazole rings is 1. The van der Waals surface area contributed by atoms with E-state index in [1.54, 1.807) is 12.1 Å². The summed E-state index contributed by atoms with van der Waals surface area (Å²) in [5.41, 5.74) is 1.70. The first-order chi connectivity index (χ1) is 12.8. The van der Waals surface area contributed by atoms with Crippen molar-refractivity contribution in [3.63, 3.8) is 0 Å². The molecular weight excluding hydrogens is 410 g/mol. The fourth-order valence-electron chi connectivity index (χ4n) is 2.21. The molecule has 0 unspecified atom stereocenters. The quantitative estimate of drug-likeness (QED) is 0.608. The largest absolute Gasteiger partial charge is 0.431 e. The summed E-state index contributed by atoms with van der Waals surface area (Å²) in [6, 6.07) is 11.6. The number of carbonyl (C=O) groups excluding carboxylic acids is 1. The van der Waals surface area contributed by atoms with Crippen molar-refractivity contribution in [1.29, 1.82) is 0 Å². The molecule has 142 valence electrons. The maximum Gasteiger partial charge on any atom is 0.257 e. The molecule has 0 radical (unpaired) electrons. The van der Waals surface area contributed by atoms with Crippen LogP contribution in [0.2, 0.25) is 5.02 Å². The summed E-state index contributed by atoms with van der Waals surface area (Å²) in [5.74, 6) is -0.261. The maximum atomic E-state index is 12.3. The Kier molecular flexibility index (Phi) is 5.75. The number of hydrogen-bond acceptors (Lipinski definition) is 6. The average molecular weight is 426 g/mol. The topological polar surface area (TPSA) is 92.5 Å². The molecule has 3 rings (SSSR count). The molecule has 1 amide bonds. The van der Waals surface area contributed by atoms with Crippen LogP contribution in [0.25, 0.3) is 11.1 Å². The van der Waals surface area contributed by atoms with Crippen molar-refractivity contribution in [1.82, 2.24) is 9.29 Å². The predicted molar refractivity (Wildman–Crippen MR) is 106 cm³/mol. The van der Waals surface area contributed by atoms with Crippen LogP contribution in [-0.4, -0.2) is 43.5 Å². The summed E-state index contributed by atoms with van der Waals surface area (Å²) in [5, 5.41) is 3.13. The van der Waals surface area contributed by atoms with Crippen molar-refractivity contribution in [2.45, 2.75) is 10.1 Å². The highest BCUT2D eigenvalue weighted by atomic mass is 35.5. The van der Waals surface area contributed by atoms with Crippen LogP contribution in [0.1, 0.15) is 0 Å². The molecule has 0 aliphatic carbocycles. The molecule has 1 aromatic heterocycles. The molecule has 0 atom stereocenters. The van der Waals surface area contributed by atoms with Crippen LogP contribution in [0.15, 0.2) is 57.0 Å². The molecule has 27 heavy (non-hydrogen) atoms. The van der Waals surface area contributed by atoms with Crippen molar-refractivity contribution in [3.8, 4) is 0 Å². The third kappa shape index (κ3) is 4.44. The van der Waals surface area contributed by atoms with Gasteiger partial charge >= 0.3 is 0 Å². The smallest absolute Gasteiger partial charge is 0.257 e. The van der Waals surface area contributed by atoms with Gasteiger partial charge in [-0.25, -0.2) is 17.7 Å². The molecular formula is C17H16ClN3O4S2. The lowest BCUT2D eigenvalue weighted by atomic mass is 10.3. The monoisotopic (exact) mass is 425 g/mol. The Bertz CT molecular complexity index is 1060. The van der Waals surface area contributed by atoms with Gasteiger partial charge in [-0.1, -0.05) is 35.5 Å². The van der Waals surface area contributed by atoms with Gasteiger partial charge < -0.3 is 9.73 Å². The molecule has 1 N–H and O–H groups in total. The highest BCUT2D eigenvalue weighted by molar-refractivity contribution is 7.99. The Labute approximate surface area is 165 Å².